The number of phosphoric ester groups is 2. The summed E-state index contributed by atoms with van der Waals surface area (Å²) in [6.07, 6.45) is 49.6. The fourth-order valence-corrected chi connectivity index (χ4v) is 11.7. The number of hydrogen-bond acceptors (Lipinski definition) is 15. The number of hydrogen-bond donors (Lipinski definition) is 3. The summed E-state index contributed by atoms with van der Waals surface area (Å²) in [6.45, 7) is 4.73. The number of rotatable bonds is 68. The number of esters is 4. The van der Waals surface area contributed by atoms with E-state index >= 15 is 0 Å². The fraction of sp³-hybridized carbons (Fsp3) is 0.940. The van der Waals surface area contributed by atoms with Crippen molar-refractivity contribution in [1.29, 1.82) is 0 Å². The third-order valence-electron chi connectivity index (χ3n) is 15.6. The molecule has 19 heteroatoms. The van der Waals surface area contributed by atoms with Crippen LogP contribution in [0, 0.1) is 0 Å². The standard InChI is InChI=1S/C67H130O17P2/c1-5-9-13-17-19-21-23-25-27-28-29-30-31-32-34-36-38-40-42-46-50-54-67(72)84-63(58-78-65(70)52-48-45-41-39-37-35-33-26-24-22-20-18-14-10-6-2)60-82-86(75,76)80-56-61(68)55-79-85(73,74)81-59-62(83-66(71)53-49-44-16-12-8-4)57-77-64(69)51-47-43-15-11-7-3/h61-63,68H,5-60H2,1-4H3,(H,73,74)(H,75,76)/t61-,62+,63+/m0/s1. The van der Waals surface area contributed by atoms with Crippen LogP contribution in [-0.4, -0.2) is 96.7 Å². The Labute approximate surface area is 524 Å². The first-order chi connectivity index (χ1) is 41.7. The summed E-state index contributed by atoms with van der Waals surface area (Å²) in [7, 11) is -9.87. The van der Waals surface area contributed by atoms with Crippen LogP contribution in [0.1, 0.15) is 349 Å². The first-order valence-electron chi connectivity index (χ1n) is 35.3. The van der Waals surface area contributed by atoms with Crippen LogP contribution in [0.25, 0.3) is 0 Å². The molecule has 0 aliphatic rings. The van der Waals surface area contributed by atoms with E-state index in [1.807, 2.05) is 0 Å². The maximum Gasteiger partial charge on any atom is 0.472 e. The average molecular weight is 1270 g/mol. The molecular formula is C67H130O17P2. The van der Waals surface area contributed by atoms with Gasteiger partial charge in [0, 0.05) is 25.7 Å². The van der Waals surface area contributed by atoms with Crippen LogP contribution in [0.3, 0.4) is 0 Å². The van der Waals surface area contributed by atoms with E-state index in [-0.39, 0.29) is 25.7 Å². The number of aliphatic hydroxyl groups excluding tert-OH is 1. The Balaban J connectivity index is 5.04. The quantitative estimate of drug-likeness (QED) is 0.0222. The van der Waals surface area contributed by atoms with Crippen LogP contribution in [0.5, 0.6) is 0 Å². The van der Waals surface area contributed by atoms with E-state index in [0.717, 1.165) is 96.3 Å². The van der Waals surface area contributed by atoms with E-state index in [2.05, 4.69) is 27.7 Å². The van der Waals surface area contributed by atoms with Crippen LogP contribution in [0.4, 0.5) is 0 Å². The number of unbranched alkanes of at least 4 members (excludes halogenated alkanes) is 42. The molecule has 0 radical (unpaired) electrons. The summed E-state index contributed by atoms with van der Waals surface area (Å²) >= 11 is 0. The molecule has 0 fully saturated rings. The van der Waals surface area contributed by atoms with Crippen molar-refractivity contribution in [3.63, 3.8) is 0 Å². The first kappa shape index (κ1) is 84.1. The van der Waals surface area contributed by atoms with Crippen LogP contribution in [0.2, 0.25) is 0 Å². The average Bonchev–Trinajstić information content (AvgIpc) is 3.71. The number of carbonyl (C=O) groups excluding carboxylic acids is 4. The zero-order valence-electron chi connectivity index (χ0n) is 55.3. The van der Waals surface area contributed by atoms with Gasteiger partial charge in [-0.25, -0.2) is 9.13 Å². The zero-order valence-corrected chi connectivity index (χ0v) is 57.1. The van der Waals surface area contributed by atoms with Crippen molar-refractivity contribution in [2.45, 2.75) is 367 Å². The second-order valence-corrected chi connectivity index (χ2v) is 27.1. The van der Waals surface area contributed by atoms with Gasteiger partial charge < -0.3 is 33.8 Å². The molecule has 0 aliphatic carbocycles. The van der Waals surface area contributed by atoms with Gasteiger partial charge in [-0.15, -0.1) is 0 Å². The highest BCUT2D eigenvalue weighted by Crippen LogP contribution is 2.45. The summed E-state index contributed by atoms with van der Waals surface area (Å²) in [5.41, 5.74) is 0. The zero-order chi connectivity index (χ0) is 63.3. The summed E-state index contributed by atoms with van der Waals surface area (Å²) in [6, 6.07) is 0. The molecule has 0 saturated heterocycles. The number of aliphatic hydroxyl groups is 1. The molecule has 0 bridgehead atoms. The maximum atomic E-state index is 13.0. The minimum Gasteiger partial charge on any atom is -0.462 e. The molecule has 0 aromatic carbocycles. The van der Waals surface area contributed by atoms with Gasteiger partial charge in [-0.3, -0.25) is 37.3 Å². The molecule has 3 N–H and O–H groups in total. The molecule has 0 aliphatic heterocycles. The lowest BCUT2D eigenvalue weighted by atomic mass is 10.0. The van der Waals surface area contributed by atoms with Crippen molar-refractivity contribution in [3.8, 4) is 0 Å². The molecule has 17 nitrogen and oxygen atoms in total. The summed E-state index contributed by atoms with van der Waals surface area (Å²) < 4.78 is 67.7. The third-order valence-corrected chi connectivity index (χ3v) is 17.5. The number of ether oxygens (including phenoxy) is 4. The second kappa shape index (κ2) is 61.9. The third kappa shape index (κ3) is 60.9. The Morgan fingerprint density at radius 3 is 0.686 bits per heavy atom. The monoisotopic (exact) mass is 1270 g/mol. The van der Waals surface area contributed by atoms with E-state index < -0.39 is 97.5 Å². The highest BCUT2D eigenvalue weighted by atomic mass is 31.2. The van der Waals surface area contributed by atoms with Gasteiger partial charge in [0.1, 0.15) is 19.3 Å². The Hall–Kier alpha value is -1.94. The highest BCUT2D eigenvalue weighted by Gasteiger charge is 2.30. The van der Waals surface area contributed by atoms with E-state index in [1.165, 1.54) is 173 Å². The van der Waals surface area contributed by atoms with Gasteiger partial charge in [-0.2, -0.15) is 0 Å². The minimum atomic E-state index is -4.94. The fourth-order valence-electron chi connectivity index (χ4n) is 10.2. The lowest BCUT2D eigenvalue weighted by molar-refractivity contribution is -0.161. The Morgan fingerprint density at radius 1 is 0.279 bits per heavy atom. The van der Waals surface area contributed by atoms with E-state index in [1.54, 1.807) is 0 Å². The smallest absolute Gasteiger partial charge is 0.462 e. The van der Waals surface area contributed by atoms with Crippen molar-refractivity contribution in [1.82, 2.24) is 0 Å². The summed E-state index contributed by atoms with van der Waals surface area (Å²) in [4.78, 5) is 71.8. The van der Waals surface area contributed by atoms with Crippen molar-refractivity contribution >= 4 is 39.5 Å². The lowest BCUT2D eigenvalue weighted by Gasteiger charge is -2.21. The van der Waals surface area contributed by atoms with Crippen LogP contribution in [0.15, 0.2) is 0 Å². The summed E-state index contributed by atoms with van der Waals surface area (Å²) in [5, 5.41) is 10.5. The van der Waals surface area contributed by atoms with Crippen molar-refractivity contribution < 1.29 is 80.2 Å². The van der Waals surface area contributed by atoms with Gasteiger partial charge in [0.05, 0.1) is 26.4 Å². The molecule has 86 heavy (non-hydrogen) atoms. The van der Waals surface area contributed by atoms with Gasteiger partial charge in [0.15, 0.2) is 12.2 Å². The minimum absolute atomic E-state index is 0.0993. The molecule has 0 aromatic heterocycles. The van der Waals surface area contributed by atoms with Crippen LogP contribution < -0.4 is 0 Å². The van der Waals surface area contributed by atoms with Crippen LogP contribution in [-0.2, 0) is 65.4 Å². The van der Waals surface area contributed by atoms with E-state index in [4.69, 9.17) is 37.0 Å². The Kier molecular flexibility index (Phi) is 60.5. The number of carbonyl (C=O) groups is 4. The molecule has 0 saturated carbocycles. The molecule has 2 unspecified atom stereocenters. The topological polar surface area (TPSA) is 237 Å². The largest absolute Gasteiger partial charge is 0.472 e. The van der Waals surface area contributed by atoms with Gasteiger partial charge in [-0.05, 0) is 25.7 Å². The lowest BCUT2D eigenvalue weighted by Crippen LogP contribution is -2.30. The second-order valence-electron chi connectivity index (χ2n) is 24.2. The highest BCUT2D eigenvalue weighted by molar-refractivity contribution is 7.47. The van der Waals surface area contributed by atoms with Crippen molar-refractivity contribution in [3.05, 3.63) is 0 Å². The van der Waals surface area contributed by atoms with Gasteiger partial charge in [0.2, 0.25) is 0 Å². The number of phosphoric acid groups is 2. The summed E-state index contributed by atoms with van der Waals surface area (Å²) in [5.74, 6) is -2.15. The van der Waals surface area contributed by atoms with Gasteiger partial charge in [-0.1, -0.05) is 297 Å². The molecule has 0 aromatic rings. The molecule has 5 atom stereocenters. The van der Waals surface area contributed by atoms with Crippen LogP contribution >= 0.6 is 15.6 Å². The molecule has 0 rings (SSSR count). The molecule has 0 amide bonds. The Bertz CT molecular complexity index is 1650. The van der Waals surface area contributed by atoms with E-state index in [0.29, 0.717) is 25.7 Å². The van der Waals surface area contributed by atoms with E-state index in [9.17, 15) is 43.2 Å². The first-order valence-corrected chi connectivity index (χ1v) is 38.3. The van der Waals surface area contributed by atoms with Crippen molar-refractivity contribution in [2.24, 2.45) is 0 Å². The maximum absolute atomic E-state index is 13.0. The molecule has 0 spiro atoms. The van der Waals surface area contributed by atoms with Gasteiger partial charge >= 0.3 is 39.5 Å². The molecule has 510 valence electrons. The van der Waals surface area contributed by atoms with Gasteiger partial charge in [0.25, 0.3) is 0 Å². The predicted molar refractivity (Wildman–Crippen MR) is 345 cm³/mol. The normalized spacial score (nSPS) is 14.1. The Morgan fingerprint density at radius 2 is 0.465 bits per heavy atom. The molecule has 0 heterocycles. The molecular weight excluding hydrogens is 1140 g/mol. The predicted octanol–water partition coefficient (Wildman–Crippen LogP) is 19.1. The van der Waals surface area contributed by atoms with Crippen molar-refractivity contribution in [2.75, 3.05) is 39.6 Å². The SMILES string of the molecule is CCCCCCCCCCCCCCCCCCCCCCCC(=O)O[C@H](COC(=O)CCCCCCCCCCCCCCCCC)COP(=O)(O)OC[C@@H](O)COP(=O)(O)OC[C@@H](COC(=O)CCCCCCC)OC(=O)CCCCCCC.